The minimum atomic E-state index is -0.585. The van der Waals surface area contributed by atoms with Gasteiger partial charge in [0, 0.05) is 0 Å². The van der Waals surface area contributed by atoms with Crippen LogP contribution in [-0.2, 0) is 9.53 Å². The van der Waals surface area contributed by atoms with Crippen molar-refractivity contribution in [2.45, 2.75) is 31.9 Å². The maximum Gasteiger partial charge on any atom is 0.325 e. The first-order valence-electron chi connectivity index (χ1n) is 4.33. The summed E-state index contributed by atoms with van der Waals surface area (Å²) in [5.41, 5.74) is 0. The van der Waals surface area contributed by atoms with Gasteiger partial charge in [0.1, 0.15) is 6.04 Å². The normalized spacial score (nSPS) is 27.5. The molecular formula is C8H16ClNO3. The average Bonchev–Trinajstić information content (AvgIpc) is 2.05. The van der Waals surface area contributed by atoms with Gasteiger partial charge >= 0.3 is 5.97 Å². The van der Waals surface area contributed by atoms with Crippen LogP contribution in [0.3, 0.4) is 0 Å². The van der Waals surface area contributed by atoms with Crippen molar-refractivity contribution in [2.24, 2.45) is 0 Å². The molecule has 1 aliphatic heterocycles. The van der Waals surface area contributed by atoms with Gasteiger partial charge in [-0.05, 0) is 26.3 Å². The van der Waals surface area contributed by atoms with Crippen LogP contribution in [0.15, 0.2) is 0 Å². The largest absolute Gasteiger partial charge is 0.465 e. The Labute approximate surface area is 84.1 Å². The molecule has 0 aromatic rings. The lowest BCUT2D eigenvalue weighted by Gasteiger charge is -2.26. The summed E-state index contributed by atoms with van der Waals surface area (Å²) < 4.78 is 4.79. The fourth-order valence-corrected chi connectivity index (χ4v) is 1.34. The Kier molecular flexibility index (Phi) is 6.03. The van der Waals surface area contributed by atoms with Gasteiger partial charge in [-0.25, -0.2) is 0 Å². The highest BCUT2D eigenvalue weighted by Crippen LogP contribution is 2.09. The van der Waals surface area contributed by atoms with Gasteiger partial charge in [0.05, 0.1) is 12.7 Å². The molecule has 0 amide bonds. The zero-order valence-electron chi connectivity index (χ0n) is 7.66. The van der Waals surface area contributed by atoms with Crippen molar-refractivity contribution >= 4 is 18.4 Å². The summed E-state index contributed by atoms with van der Waals surface area (Å²) in [6, 6.07) is -0.515. The summed E-state index contributed by atoms with van der Waals surface area (Å²) in [5.74, 6) is -0.343. The van der Waals surface area contributed by atoms with Crippen molar-refractivity contribution in [3.63, 3.8) is 0 Å². The van der Waals surface area contributed by atoms with Gasteiger partial charge in [-0.2, -0.15) is 0 Å². The fourth-order valence-electron chi connectivity index (χ4n) is 1.34. The Balaban J connectivity index is 0.00000144. The van der Waals surface area contributed by atoms with Crippen LogP contribution >= 0.6 is 12.4 Å². The molecular weight excluding hydrogens is 194 g/mol. The Bertz CT molecular complexity index is 165. The van der Waals surface area contributed by atoms with E-state index in [9.17, 15) is 9.90 Å². The number of esters is 1. The topological polar surface area (TPSA) is 58.6 Å². The SMILES string of the molecule is CCOC(=O)[C@H]1NCCC[C@H]1O.Cl. The number of aliphatic hydroxyl groups is 1. The summed E-state index contributed by atoms with van der Waals surface area (Å²) in [7, 11) is 0. The summed E-state index contributed by atoms with van der Waals surface area (Å²) in [6.45, 7) is 2.90. The maximum absolute atomic E-state index is 11.2. The van der Waals surface area contributed by atoms with E-state index in [1.54, 1.807) is 6.92 Å². The van der Waals surface area contributed by atoms with Crippen molar-refractivity contribution in [3.05, 3.63) is 0 Å². The van der Waals surface area contributed by atoms with Crippen molar-refractivity contribution in [2.75, 3.05) is 13.2 Å². The van der Waals surface area contributed by atoms with Gasteiger partial charge in [0.25, 0.3) is 0 Å². The zero-order valence-corrected chi connectivity index (χ0v) is 8.47. The third-order valence-corrected chi connectivity index (χ3v) is 1.97. The van der Waals surface area contributed by atoms with Crippen LogP contribution in [0.5, 0.6) is 0 Å². The van der Waals surface area contributed by atoms with E-state index >= 15 is 0 Å². The molecule has 2 atom stereocenters. The molecule has 1 heterocycles. The lowest BCUT2D eigenvalue weighted by molar-refractivity contribution is -0.149. The van der Waals surface area contributed by atoms with E-state index in [4.69, 9.17) is 4.74 Å². The second kappa shape index (κ2) is 6.18. The molecule has 0 unspecified atom stereocenters. The number of ether oxygens (including phenoxy) is 1. The number of nitrogens with one attached hydrogen (secondary N) is 1. The smallest absolute Gasteiger partial charge is 0.325 e. The van der Waals surface area contributed by atoms with E-state index in [1.807, 2.05) is 0 Å². The van der Waals surface area contributed by atoms with E-state index in [-0.39, 0.29) is 18.4 Å². The lowest BCUT2D eigenvalue weighted by Crippen LogP contribution is -2.50. The minimum Gasteiger partial charge on any atom is -0.465 e. The predicted octanol–water partition coefficient (Wildman–Crippen LogP) is 0.0842. The summed E-state index contributed by atoms with van der Waals surface area (Å²) in [6.07, 6.45) is 1.01. The first-order chi connectivity index (χ1) is 5.75. The lowest BCUT2D eigenvalue weighted by atomic mass is 10.0. The van der Waals surface area contributed by atoms with Crippen LogP contribution in [0, 0.1) is 0 Å². The highest BCUT2D eigenvalue weighted by atomic mass is 35.5. The molecule has 0 aliphatic carbocycles. The fraction of sp³-hybridized carbons (Fsp3) is 0.875. The monoisotopic (exact) mass is 209 g/mol. The zero-order chi connectivity index (χ0) is 8.97. The number of hydrogen-bond acceptors (Lipinski definition) is 4. The Morgan fingerprint density at radius 3 is 2.92 bits per heavy atom. The molecule has 0 bridgehead atoms. The van der Waals surface area contributed by atoms with Crippen LogP contribution < -0.4 is 5.32 Å². The van der Waals surface area contributed by atoms with Gasteiger partial charge in [-0.1, -0.05) is 0 Å². The molecule has 0 radical (unpaired) electrons. The van der Waals surface area contributed by atoms with Crippen molar-refractivity contribution < 1.29 is 14.6 Å². The molecule has 0 spiro atoms. The average molecular weight is 210 g/mol. The quantitative estimate of drug-likeness (QED) is 0.633. The number of hydrogen-bond donors (Lipinski definition) is 2. The molecule has 5 heteroatoms. The molecule has 13 heavy (non-hydrogen) atoms. The summed E-state index contributed by atoms with van der Waals surface area (Å²) in [5, 5.41) is 12.3. The minimum absolute atomic E-state index is 0. The Morgan fingerprint density at radius 2 is 2.38 bits per heavy atom. The van der Waals surface area contributed by atoms with Gasteiger partial charge in [-0.15, -0.1) is 12.4 Å². The second-order valence-electron chi connectivity index (χ2n) is 2.89. The molecule has 1 rings (SSSR count). The number of aliphatic hydroxyl groups excluding tert-OH is 1. The Hall–Kier alpha value is -0.320. The molecule has 1 saturated heterocycles. The predicted molar refractivity (Wildman–Crippen MR) is 50.9 cm³/mol. The third-order valence-electron chi connectivity index (χ3n) is 1.97. The molecule has 78 valence electrons. The van der Waals surface area contributed by atoms with E-state index in [1.165, 1.54) is 0 Å². The number of carbonyl (C=O) groups excluding carboxylic acids is 1. The maximum atomic E-state index is 11.2. The molecule has 1 fully saturated rings. The first-order valence-corrected chi connectivity index (χ1v) is 4.33. The van der Waals surface area contributed by atoms with Gasteiger partial charge < -0.3 is 15.2 Å². The van der Waals surface area contributed by atoms with Gasteiger partial charge in [-0.3, -0.25) is 4.79 Å². The molecule has 0 aromatic carbocycles. The number of halogens is 1. The highest BCUT2D eigenvalue weighted by molar-refractivity contribution is 5.85. The molecule has 1 aliphatic rings. The number of piperidine rings is 1. The number of carbonyl (C=O) groups is 1. The van der Waals surface area contributed by atoms with Crippen LogP contribution in [-0.4, -0.2) is 36.4 Å². The molecule has 0 aromatic heterocycles. The van der Waals surface area contributed by atoms with Crippen LogP contribution in [0.1, 0.15) is 19.8 Å². The van der Waals surface area contributed by atoms with Crippen LogP contribution in [0.25, 0.3) is 0 Å². The second-order valence-corrected chi connectivity index (χ2v) is 2.89. The standard InChI is InChI=1S/C8H15NO3.ClH/c1-2-12-8(11)7-6(10)4-3-5-9-7;/h6-7,9-10H,2-5H2,1H3;1H/t6-,7+;/m1./s1. The molecule has 4 nitrogen and oxygen atoms in total. The van der Waals surface area contributed by atoms with E-state index < -0.39 is 12.1 Å². The molecule has 2 N–H and O–H groups in total. The van der Waals surface area contributed by atoms with Gasteiger partial charge in [0.2, 0.25) is 0 Å². The summed E-state index contributed by atoms with van der Waals surface area (Å²) >= 11 is 0. The highest BCUT2D eigenvalue weighted by Gasteiger charge is 2.29. The first kappa shape index (κ1) is 12.7. The van der Waals surface area contributed by atoms with E-state index in [0.29, 0.717) is 13.0 Å². The van der Waals surface area contributed by atoms with Crippen LogP contribution in [0.4, 0.5) is 0 Å². The van der Waals surface area contributed by atoms with Crippen molar-refractivity contribution in [1.82, 2.24) is 5.32 Å². The van der Waals surface area contributed by atoms with E-state index in [2.05, 4.69) is 5.32 Å². The van der Waals surface area contributed by atoms with Gasteiger partial charge in [0.15, 0.2) is 0 Å². The summed E-state index contributed by atoms with van der Waals surface area (Å²) in [4.78, 5) is 11.2. The molecule has 0 saturated carbocycles. The third kappa shape index (κ3) is 3.50. The van der Waals surface area contributed by atoms with Crippen molar-refractivity contribution in [1.29, 1.82) is 0 Å². The van der Waals surface area contributed by atoms with Crippen LogP contribution in [0.2, 0.25) is 0 Å². The van der Waals surface area contributed by atoms with Crippen molar-refractivity contribution in [3.8, 4) is 0 Å². The number of rotatable bonds is 2. The van der Waals surface area contributed by atoms with E-state index in [0.717, 1.165) is 13.0 Å². The Morgan fingerprint density at radius 1 is 1.69 bits per heavy atom.